The highest BCUT2D eigenvalue weighted by Crippen LogP contribution is 2.20. The molecule has 0 fully saturated rings. The molecule has 16 heavy (non-hydrogen) atoms. The van der Waals surface area contributed by atoms with Crippen LogP contribution in [0.5, 0.6) is 0 Å². The standard InChI is InChI=1S/C13H18N2O/c1-3-13(16,4-2)9-15-10-14-11-7-5-6-8-12(11)15/h5-8,10,16H,3-4,9H2,1-2H3. The number of aliphatic hydroxyl groups is 1. The van der Waals surface area contributed by atoms with E-state index in [0.29, 0.717) is 6.54 Å². The highest BCUT2D eigenvalue weighted by atomic mass is 16.3. The fourth-order valence-electron chi connectivity index (χ4n) is 1.93. The molecule has 0 aliphatic rings. The minimum atomic E-state index is -0.622. The summed E-state index contributed by atoms with van der Waals surface area (Å²) in [5, 5.41) is 10.3. The molecular formula is C13H18N2O. The zero-order valence-corrected chi connectivity index (χ0v) is 9.85. The van der Waals surface area contributed by atoms with Crippen LogP contribution in [0.3, 0.4) is 0 Å². The van der Waals surface area contributed by atoms with Crippen LogP contribution in [0.1, 0.15) is 26.7 Å². The van der Waals surface area contributed by atoms with Gasteiger partial charge in [-0.05, 0) is 25.0 Å². The monoisotopic (exact) mass is 218 g/mol. The molecule has 0 spiro atoms. The summed E-state index contributed by atoms with van der Waals surface area (Å²) in [6.07, 6.45) is 3.33. The maximum atomic E-state index is 10.3. The van der Waals surface area contributed by atoms with E-state index >= 15 is 0 Å². The Morgan fingerprint density at radius 1 is 1.25 bits per heavy atom. The van der Waals surface area contributed by atoms with E-state index in [1.807, 2.05) is 42.7 Å². The molecule has 0 saturated carbocycles. The lowest BCUT2D eigenvalue weighted by Gasteiger charge is -2.25. The Kier molecular flexibility index (Phi) is 2.97. The van der Waals surface area contributed by atoms with Crippen molar-refractivity contribution in [3.05, 3.63) is 30.6 Å². The number of fused-ring (bicyclic) bond motifs is 1. The third-order valence-corrected chi connectivity index (χ3v) is 3.31. The molecule has 3 nitrogen and oxygen atoms in total. The fourth-order valence-corrected chi connectivity index (χ4v) is 1.93. The molecule has 86 valence electrons. The third-order valence-electron chi connectivity index (χ3n) is 3.31. The van der Waals surface area contributed by atoms with Gasteiger partial charge >= 0.3 is 0 Å². The highest BCUT2D eigenvalue weighted by Gasteiger charge is 2.23. The third kappa shape index (κ3) is 1.95. The van der Waals surface area contributed by atoms with E-state index in [-0.39, 0.29) is 0 Å². The number of benzene rings is 1. The molecule has 1 heterocycles. The van der Waals surface area contributed by atoms with Crippen molar-refractivity contribution in [3.63, 3.8) is 0 Å². The molecule has 1 aromatic heterocycles. The average molecular weight is 218 g/mol. The molecule has 0 bridgehead atoms. The van der Waals surface area contributed by atoms with Gasteiger partial charge in [0.2, 0.25) is 0 Å². The van der Waals surface area contributed by atoms with Crippen LogP contribution in [0.15, 0.2) is 30.6 Å². The first kappa shape index (κ1) is 11.1. The van der Waals surface area contributed by atoms with Crippen molar-refractivity contribution >= 4 is 11.0 Å². The van der Waals surface area contributed by atoms with Crippen molar-refractivity contribution in [1.29, 1.82) is 0 Å². The van der Waals surface area contributed by atoms with Gasteiger partial charge in [-0.3, -0.25) is 0 Å². The van der Waals surface area contributed by atoms with E-state index in [2.05, 4.69) is 4.98 Å². The summed E-state index contributed by atoms with van der Waals surface area (Å²) in [7, 11) is 0. The van der Waals surface area contributed by atoms with E-state index in [1.54, 1.807) is 6.33 Å². The number of para-hydroxylation sites is 2. The second-order valence-electron chi connectivity index (χ2n) is 4.29. The number of imidazole rings is 1. The molecular weight excluding hydrogens is 200 g/mol. The van der Waals surface area contributed by atoms with Crippen LogP contribution >= 0.6 is 0 Å². The molecule has 0 radical (unpaired) electrons. The maximum absolute atomic E-state index is 10.3. The Labute approximate surface area is 95.7 Å². The van der Waals surface area contributed by atoms with Gasteiger partial charge in [-0.2, -0.15) is 0 Å². The minimum Gasteiger partial charge on any atom is -0.388 e. The summed E-state index contributed by atoms with van der Waals surface area (Å²) in [5.74, 6) is 0. The molecule has 0 aliphatic carbocycles. The van der Waals surface area contributed by atoms with E-state index in [1.165, 1.54) is 0 Å². The van der Waals surface area contributed by atoms with Gasteiger partial charge in [0.15, 0.2) is 0 Å². The van der Waals surface area contributed by atoms with E-state index in [0.717, 1.165) is 23.9 Å². The zero-order chi connectivity index (χ0) is 11.6. The lowest BCUT2D eigenvalue weighted by Crippen LogP contribution is -2.32. The van der Waals surface area contributed by atoms with Crippen molar-refractivity contribution in [1.82, 2.24) is 9.55 Å². The first-order valence-corrected chi connectivity index (χ1v) is 5.81. The minimum absolute atomic E-state index is 0.612. The molecule has 1 aromatic carbocycles. The topological polar surface area (TPSA) is 38.0 Å². The summed E-state index contributed by atoms with van der Waals surface area (Å²) in [6, 6.07) is 8.00. The van der Waals surface area contributed by atoms with Crippen LogP contribution in [0, 0.1) is 0 Å². The van der Waals surface area contributed by atoms with Crippen molar-refractivity contribution < 1.29 is 5.11 Å². The summed E-state index contributed by atoms with van der Waals surface area (Å²) >= 11 is 0. The number of rotatable bonds is 4. The smallest absolute Gasteiger partial charge is 0.0959 e. The van der Waals surface area contributed by atoms with Gasteiger partial charge in [-0.1, -0.05) is 26.0 Å². The van der Waals surface area contributed by atoms with Gasteiger partial charge in [-0.15, -0.1) is 0 Å². The van der Waals surface area contributed by atoms with Crippen LogP contribution in [0.4, 0.5) is 0 Å². The Morgan fingerprint density at radius 3 is 2.62 bits per heavy atom. The largest absolute Gasteiger partial charge is 0.388 e. The van der Waals surface area contributed by atoms with Gasteiger partial charge < -0.3 is 9.67 Å². The van der Waals surface area contributed by atoms with Gasteiger partial charge in [0.05, 0.1) is 29.5 Å². The van der Waals surface area contributed by atoms with Gasteiger partial charge in [-0.25, -0.2) is 4.98 Å². The predicted octanol–water partition coefficient (Wildman–Crippen LogP) is 2.59. The molecule has 0 atom stereocenters. The molecule has 0 aliphatic heterocycles. The first-order valence-electron chi connectivity index (χ1n) is 5.81. The Morgan fingerprint density at radius 2 is 1.94 bits per heavy atom. The number of aromatic nitrogens is 2. The van der Waals surface area contributed by atoms with Crippen LogP contribution in [0.2, 0.25) is 0 Å². The fraction of sp³-hybridized carbons (Fsp3) is 0.462. The molecule has 2 rings (SSSR count). The van der Waals surface area contributed by atoms with E-state index < -0.39 is 5.60 Å². The molecule has 1 N–H and O–H groups in total. The lowest BCUT2D eigenvalue weighted by molar-refractivity contribution is 0.0161. The van der Waals surface area contributed by atoms with Gasteiger partial charge in [0.25, 0.3) is 0 Å². The highest BCUT2D eigenvalue weighted by molar-refractivity contribution is 5.74. The van der Waals surface area contributed by atoms with Crippen molar-refractivity contribution in [2.24, 2.45) is 0 Å². The second kappa shape index (κ2) is 4.26. The second-order valence-corrected chi connectivity index (χ2v) is 4.29. The summed E-state index contributed by atoms with van der Waals surface area (Å²) in [5.41, 5.74) is 1.45. The van der Waals surface area contributed by atoms with Crippen molar-refractivity contribution in [2.45, 2.75) is 38.8 Å². The van der Waals surface area contributed by atoms with Gasteiger partial charge in [0.1, 0.15) is 0 Å². The van der Waals surface area contributed by atoms with Crippen LogP contribution in [0.25, 0.3) is 11.0 Å². The van der Waals surface area contributed by atoms with Gasteiger partial charge in [0, 0.05) is 0 Å². The van der Waals surface area contributed by atoms with E-state index in [4.69, 9.17) is 0 Å². The van der Waals surface area contributed by atoms with Crippen LogP contribution in [-0.4, -0.2) is 20.3 Å². The van der Waals surface area contributed by atoms with Crippen LogP contribution in [-0.2, 0) is 6.54 Å². The normalized spacial score (nSPS) is 12.2. The summed E-state index contributed by atoms with van der Waals surface area (Å²) in [6.45, 7) is 4.64. The lowest BCUT2D eigenvalue weighted by atomic mass is 9.97. The molecule has 2 aromatic rings. The molecule has 0 amide bonds. The first-order chi connectivity index (χ1) is 7.68. The molecule has 0 saturated heterocycles. The number of hydrogen-bond donors (Lipinski definition) is 1. The van der Waals surface area contributed by atoms with Crippen molar-refractivity contribution in [3.8, 4) is 0 Å². The van der Waals surface area contributed by atoms with E-state index in [9.17, 15) is 5.11 Å². The Balaban J connectivity index is 2.34. The van der Waals surface area contributed by atoms with Crippen LogP contribution < -0.4 is 0 Å². The molecule has 3 heteroatoms. The average Bonchev–Trinajstić information content (AvgIpc) is 2.73. The number of nitrogens with zero attached hydrogens (tertiary/aromatic N) is 2. The van der Waals surface area contributed by atoms with Crippen molar-refractivity contribution in [2.75, 3.05) is 0 Å². The zero-order valence-electron chi connectivity index (χ0n) is 9.85. The summed E-state index contributed by atoms with van der Waals surface area (Å²) < 4.78 is 2.03. The Hall–Kier alpha value is -1.35. The maximum Gasteiger partial charge on any atom is 0.0959 e. The summed E-state index contributed by atoms with van der Waals surface area (Å²) in [4.78, 5) is 4.32. The predicted molar refractivity (Wildman–Crippen MR) is 65.3 cm³/mol. The molecule has 0 unspecified atom stereocenters. The number of hydrogen-bond acceptors (Lipinski definition) is 2. The SMILES string of the molecule is CCC(O)(CC)Cn1cnc2ccccc21. The quantitative estimate of drug-likeness (QED) is 0.856. The Bertz CT molecular complexity index is 471.